The van der Waals surface area contributed by atoms with Gasteiger partial charge in [0.25, 0.3) is 5.91 Å². The van der Waals surface area contributed by atoms with Crippen LogP contribution in [0.15, 0.2) is 36.5 Å². The first-order chi connectivity index (χ1) is 16.4. The number of fused-ring (bicyclic) bond motifs is 3. The molecule has 0 aliphatic heterocycles. The van der Waals surface area contributed by atoms with Gasteiger partial charge in [-0.2, -0.15) is 18.3 Å². The Kier molecular flexibility index (Phi) is 5.83. The molecule has 0 spiro atoms. The molecular weight excluding hydrogens is 463 g/mol. The van der Waals surface area contributed by atoms with Crippen LogP contribution in [0.5, 0.6) is 0 Å². The molecule has 2 N–H and O–H groups in total. The Morgan fingerprint density at radius 1 is 1.11 bits per heavy atom. The number of aryl methyl sites for hydroxylation is 2. The molecule has 0 unspecified atom stereocenters. The maximum absolute atomic E-state index is 13.6. The molecule has 35 heavy (non-hydrogen) atoms. The number of amides is 2. The van der Waals surface area contributed by atoms with Crippen LogP contribution in [0.2, 0.25) is 0 Å². The molecule has 182 valence electrons. The summed E-state index contributed by atoms with van der Waals surface area (Å²) in [6.45, 7) is 2.54. The van der Waals surface area contributed by atoms with Crippen LogP contribution in [-0.4, -0.2) is 48.6 Å². The van der Waals surface area contributed by atoms with E-state index in [9.17, 15) is 22.8 Å². The second-order valence-electron chi connectivity index (χ2n) is 8.10. The van der Waals surface area contributed by atoms with Crippen molar-refractivity contribution in [2.45, 2.75) is 26.6 Å². The minimum Gasteiger partial charge on any atom is -0.383 e. The largest absolute Gasteiger partial charge is 0.433 e. The lowest BCUT2D eigenvalue weighted by atomic mass is 10.1. The van der Waals surface area contributed by atoms with Crippen LogP contribution in [0.3, 0.4) is 0 Å². The fraction of sp³-hybridized carbons (Fsp3) is 0.261. The molecule has 0 aliphatic carbocycles. The molecular formula is C23H22F3N7O2. The van der Waals surface area contributed by atoms with Gasteiger partial charge in [-0.1, -0.05) is 6.07 Å². The summed E-state index contributed by atoms with van der Waals surface area (Å²) in [6.07, 6.45) is -3.00. The van der Waals surface area contributed by atoms with Crippen LogP contribution in [0.25, 0.3) is 21.8 Å². The molecule has 0 saturated heterocycles. The summed E-state index contributed by atoms with van der Waals surface area (Å²) in [6, 6.07) is 6.93. The molecule has 0 radical (unpaired) electrons. The molecule has 1 aromatic carbocycles. The summed E-state index contributed by atoms with van der Waals surface area (Å²) in [7, 11) is 3.15. The summed E-state index contributed by atoms with van der Waals surface area (Å²) in [5.41, 5.74) is 6.97. The highest BCUT2D eigenvalue weighted by Gasteiger charge is 2.33. The topological polar surface area (TPSA) is 110 Å². The van der Waals surface area contributed by atoms with Crippen LogP contribution >= 0.6 is 0 Å². The Bertz CT molecular complexity index is 1480. The van der Waals surface area contributed by atoms with E-state index in [1.807, 2.05) is 0 Å². The molecule has 0 aliphatic rings. The number of carbonyl (C=O) groups is 2. The second kappa shape index (κ2) is 8.53. The van der Waals surface area contributed by atoms with Gasteiger partial charge in [-0.3, -0.25) is 19.3 Å². The molecule has 4 aromatic rings. The van der Waals surface area contributed by atoms with Crippen LogP contribution in [0.1, 0.15) is 34.2 Å². The Hall–Kier alpha value is -4.22. The van der Waals surface area contributed by atoms with Gasteiger partial charge in [0.15, 0.2) is 0 Å². The number of hydrogen-bond donors (Lipinski definition) is 1. The van der Waals surface area contributed by atoms with E-state index in [0.717, 1.165) is 16.1 Å². The van der Waals surface area contributed by atoms with Crippen LogP contribution in [0, 0.1) is 6.92 Å². The fourth-order valence-corrected chi connectivity index (χ4v) is 3.80. The predicted molar refractivity (Wildman–Crippen MR) is 123 cm³/mol. The number of halogens is 3. The van der Waals surface area contributed by atoms with Crippen molar-refractivity contribution in [2.24, 2.45) is 7.05 Å². The fourth-order valence-electron chi connectivity index (χ4n) is 3.80. The normalized spacial score (nSPS) is 11.7. The van der Waals surface area contributed by atoms with Gasteiger partial charge >= 0.3 is 6.18 Å². The highest BCUT2D eigenvalue weighted by atomic mass is 19.4. The average Bonchev–Trinajstić information content (AvgIpc) is 3.19. The van der Waals surface area contributed by atoms with Crippen molar-refractivity contribution in [1.82, 2.24) is 29.8 Å². The van der Waals surface area contributed by atoms with Gasteiger partial charge in [0.05, 0.1) is 29.2 Å². The summed E-state index contributed by atoms with van der Waals surface area (Å²) in [4.78, 5) is 33.7. The van der Waals surface area contributed by atoms with E-state index < -0.39 is 23.7 Å². The quantitative estimate of drug-likeness (QED) is 0.445. The lowest BCUT2D eigenvalue weighted by Crippen LogP contribution is -2.46. The minimum absolute atomic E-state index is 0.101. The lowest BCUT2D eigenvalue weighted by Gasteiger charge is -2.31. The number of hydrazine groups is 1. The van der Waals surface area contributed by atoms with Crippen LogP contribution in [-0.2, 0) is 24.6 Å². The number of hydrogen-bond acceptors (Lipinski definition) is 6. The van der Waals surface area contributed by atoms with Crippen LogP contribution < -0.4 is 5.73 Å². The predicted octanol–water partition coefficient (Wildman–Crippen LogP) is 3.46. The number of anilines is 1. The molecule has 0 atom stereocenters. The zero-order valence-electron chi connectivity index (χ0n) is 19.4. The van der Waals surface area contributed by atoms with Gasteiger partial charge < -0.3 is 5.73 Å². The third-order valence-electron chi connectivity index (χ3n) is 5.81. The standard InChI is InChI=1S/C23H22F3N7O2/c1-12-15(6-8-19(29-12)23(24,25)26)11-33(32(4)13(2)34)22(35)14-5-7-18-16(9-14)20-17(21(27)30-18)10-28-31(20)3/h5-10H,11H2,1-4H3,(H2,27,30). The molecule has 2 amide bonds. The van der Waals surface area contributed by atoms with Crippen molar-refractivity contribution in [3.8, 4) is 0 Å². The van der Waals surface area contributed by atoms with Gasteiger partial charge in [0.2, 0.25) is 5.91 Å². The Morgan fingerprint density at radius 3 is 2.46 bits per heavy atom. The van der Waals surface area contributed by atoms with E-state index in [0.29, 0.717) is 33.2 Å². The maximum atomic E-state index is 13.6. The summed E-state index contributed by atoms with van der Waals surface area (Å²) in [5.74, 6) is -0.654. The summed E-state index contributed by atoms with van der Waals surface area (Å²) < 4.78 is 40.7. The number of nitrogen functional groups attached to an aromatic ring is 1. The van der Waals surface area contributed by atoms with Gasteiger partial charge in [0.1, 0.15) is 11.5 Å². The Balaban J connectivity index is 1.77. The molecule has 0 saturated carbocycles. The monoisotopic (exact) mass is 485 g/mol. The lowest BCUT2D eigenvalue weighted by molar-refractivity contribution is -0.141. The van der Waals surface area contributed by atoms with Gasteiger partial charge in [-0.25, -0.2) is 15.0 Å². The smallest absolute Gasteiger partial charge is 0.383 e. The maximum Gasteiger partial charge on any atom is 0.433 e. The highest BCUT2D eigenvalue weighted by Crippen LogP contribution is 2.30. The molecule has 12 heteroatoms. The first kappa shape index (κ1) is 23.9. The van der Waals surface area contributed by atoms with E-state index >= 15 is 0 Å². The third kappa shape index (κ3) is 4.34. The van der Waals surface area contributed by atoms with E-state index in [1.165, 1.54) is 27.0 Å². The number of nitrogens with two attached hydrogens (primary N) is 1. The molecule has 9 nitrogen and oxygen atoms in total. The zero-order chi connectivity index (χ0) is 25.7. The van der Waals surface area contributed by atoms with E-state index in [1.54, 1.807) is 36.1 Å². The second-order valence-corrected chi connectivity index (χ2v) is 8.10. The number of nitrogens with zero attached hydrogens (tertiary/aromatic N) is 6. The van der Waals surface area contributed by atoms with Crippen molar-refractivity contribution < 1.29 is 22.8 Å². The molecule has 3 aromatic heterocycles. The highest BCUT2D eigenvalue weighted by molar-refractivity contribution is 6.10. The number of carbonyl (C=O) groups excluding carboxylic acids is 2. The summed E-state index contributed by atoms with van der Waals surface area (Å²) in [5, 5.41) is 7.76. The Labute approximate surface area is 197 Å². The van der Waals surface area contributed by atoms with Gasteiger partial charge in [-0.15, -0.1) is 0 Å². The van der Waals surface area contributed by atoms with Crippen molar-refractivity contribution >= 4 is 39.4 Å². The Morgan fingerprint density at radius 2 is 1.83 bits per heavy atom. The SMILES string of the molecule is CC(=O)N(C)N(Cc1ccc(C(F)(F)F)nc1C)C(=O)c1ccc2nc(N)c3cnn(C)c3c2c1. The number of alkyl halides is 3. The van der Waals surface area contributed by atoms with E-state index in [-0.39, 0.29) is 17.8 Å². The average molecular weight is 485 g/mol. The first-order valence-corrected chi connectivity index (χ1v) is 10.5. The van der Waals surface area contributed by atoms with Crippen molar-refractivity contribution in [1.29, 1.82) is 0 Å². The van der Waals surface area contributed by atoms with Crippen molar-refractivity contribution in [2.75, 3.05) is 12.8 Å². The third-order valence-corrected chi connectivity index (χ3v) is 5.81. The first-order valence-electron chi connectivity index (χ1n) is 10.5. The molecule has 3 heterocycles. The van der Waals surface area contributed by atoms with E-state index in [2.05, 4.69) is 15.1 Å². The molecule has 0 fully saturated rings. The number of pyridine rings is 2. The number of benzene rings is 1. The minimum atomic E-state index is -4.59. The number of aromatic nitrogens is 4. The van der Waals surface area contributed by atoms with Crippen LogP contribution in [0.4, 0.5) is 19.0 Å². The van der Waals surface area contributed by atoms with Gasteiger partial charge in [0, 0.05) is 37.7 Å². The summed E-state index contributed by atoms with van der Waals surface area (Å²) >= 11 is 0. The molecule has 4 rings (SSSR count). The van der Waals surface area contributed by atoms with Crippen molar-refractivity contribution in [3.63, 3.8) is 0 Å². The van der Waals surface area contributed by atoms with E-state index in [4.69, 9.17) is 5.73 Å². The number of rotatable bonds is 3. The molecule has 0 bridgehead atoms. The van der Waals surface area contributed by atoms with Crippen molar-refractivity contribution in [3.05, 3.63) is 59.0 Å². The van der Waals surface area contributed by atoms with Gasteiger partial charge in [-0.05, 0) is 36.8 Å². The zero-order valence-corrected chi connectivity index (χ0v) is 19.4.